The number of ketones is 1. The predicted molar refractivity (Wildman–Crippen MR) is 53.7 cm³/mol. The summed E-state index contributed by atoms with van der Waals surface area (Å²) in [6.45, 7) is 0.637. The highest BCUT2D eigenvalue weighted by Gasteiger charge is 2.26. The standard InChI is InChI=1S/C10H11N3O2/c11-9-3-7(1-2-12-9)5-13-6-8(14)4-10(13)15/h1-3H,4-6H2,(H2,11,12). The molecule has 1 saturated heterocycles. The van der Waals surface area contributed by atoms with E-state index >= 15 is 0 Å². The smallest absolute Gasteiger partial charge is 0.230 e. The Morgan fingerprint density at radius 1 is 1.47 bits per heavy atom. The molecule has 0 bridgehead atoms. The molecule has 0 radical (unpaired) electrons. The number of hydrogen-bond acceptors (Lipinski definition) is 4. The number of nitrogens with zero attached hydrogens (tertiary/aromatic N) is 2. The van der Waals surface area contributed by atoms with Gasteiger partial charge in [0.2, 0.25) is 5.91 Å². The predicted octanol–water partition coefficient (Wildman–Crippen LogP) is -0.0348. The molecule has 0 aromatic carbocycles. The number of pyridine rings is 1. The van der Waals surface area contributed by atoms with Gasteiger partial charge in [-0.2, -0.15) is 0 Å². The van der Waals surface area contributed by atoms with Crippen molar-refractivity contribution in [1.29, 1.82) is 0 Å². The molecule has 1 aliphatic rings. The second kappa shape index (κ2) is 3.68. The first kappa shape index (κ1) is 9.64. The van der Waals surface area contributed by atoms with Crippen molar-refractivity contribution in [1.82, 2.24) is 9.88 Å². The molecule has 0 aliphatic carbocycles. The van der Waals surface area contributed by atoms with Crippen LogP contribution in [0.2, 0.25) is 0 Å². The fourth-order valence-corrected chi connectivity index (χ4v) is 1.59. The second-order valence-electron chi connectivity index (χ2n) is 3.55. The van der Waals surface area contributed by atoms with Gasteiger partial charge in [-0.05, 0) is 17.7 Å². The van der Waals surface area contributed by atoms with Crippen molar-refractivity contribution in [3.8, 4) is 0 Å². The number of rotatable bonds is 2. The SMILES string of the molecule is Nc1cc(CN2CC(=O)CC2=O)ccn1. The van der Waals surface area contributed by atoms with Gasteiger partial charge >= 0.3 is 0 Å². The molecule has 1 aliphatic heterocycles. The van der Waals surface area contributed by atoms with Gasteiger partial charge in [0.05, 0.1) is 13.0 Å². The summed E-state index contributed by atoms with van der Waals surface area (Å²) in [7, 11) is 0. The van der Waals surface area contributed by atoms with E-state index in [-0.39, 0.29) is 24.7 Å². The summed E-state index contributed by atoms with van der Waals surface area (Å²) in [5, 5.41) is 0. The normalized spacial score (nSPS) is 16.1. The van der Waals surface area contributed by atoms with Crippen molar-refractivity contribution in [2.45, 2.75) is 13.0 Å². The lowest BCUT2D eigenvalue weighted by Gasteiger charge is -2.14. The highest BCUT2D eigenvalue weighted by atomic mass is 16.2. The van der Waals surface area contributed by atoms with Gasteiger partial charge in [-0.1, -0.05) is 0 Å². The summed E-state index contributed by atoms with van der Waals surface area (Å²) >= 11 is 0. The second-order valence-corrected chi connectivity index (χ2v) is 3.55. The van der Waals surface area contributed by atoms with E-state index in [0.717, 1.165) is 5.56 Å². The van der Waals surface area contributed by atoms with Gasteiger partial charge < -0.3 is 10.6 Å². The van der Waals surface area contributed by atoms with Crippen LogP contribution in [0.4, 0.5) is 5.82 Å². The molecule has 1 aromatic heterocycles. The number of anilines is 1. The molecular weight excluding hydrogens is 194 g/mol. The highest BCUT2D eigenvalue weighted by molar-refractivity contribution is 6.05. The number of likely N-dealkylation sites (tertiary alicyclic amines) is 1. The number of hydrogen-bond donors (Lipinski definition) is 1. The lowest BCUT2D eigenvalue weighted by atomic mass is 10.2. The van der Waals surface area contributed by atoms with Crippen LogP contribution in [0.5, 0.6) is 0 Å². The Bertz CT molecular complexity index is 417. The van der Waals surface area contributed by atoms with Crippen molar-refractivity contribution in [3.63, 3.8) is 0 Å². The number of amides is 1. The van der Waals surface area contributed by atoms with E-state index in [1.54, 1.807) is 18.3 Å². The van der Waals surface area contributed by atoms with Gasteiger partial charge in [-0.25, -0.2) is 4.98 Å². The molecule has 2 heterocycles. The maximum absolute atomic E-state index is 11.3. The zero-order chi connectivity index (χ0) is 10.8. The number of aromatic nitrogens is 1. The first-order valence-corrected chi connectivity index (χ1v) is 4.65. The molecule has 78 valence electrons. The van der Waals surface area contributed by atoms with Crippen LogP contribution in [0, 0.1) is 0 Å². The van der Waals surface area contributed by atoms with E-state index in [4.69, 9.17) is 5.73 Å². The van der Waals surface area contributed by atoms with Crippen LogP contribution in [0.1, 0.15) is 12.0 Å². The minimum absolute atomic E-state index is 0.0259. The number of nitrogen functional groups attached to an aromatic ring is 1. The molecule has 5 nitrogen and oxygen atoms in total. The number of carbonyl (C=O) groups is 2. The maximum Gasteiger partial charge on any atom is 0.230 e. The van der Waals surface area contributed by atoms with Gasteiger partial charge in [0.15, 0.2) is 5.78 Å². The van der Waals surface area contributed by atoms with E-state index in [1.807, 2.05) is 0 Å². The van der Waals surface area contributed by atoms with E-state index in [9.17, 15) is 9.59 Å². The summed E-state index contributed by atoms with van der Waals surface area (Å²) in [5.41, 5.74) is 6.41. The van der Waals surface area contributed by atoms with E-state index < -0.39 is 0 Å². The van der Waals surface area contributed by atoms with Crippen molar-refractivity contribution < 1.29 is 9.59 Å². The highest BCUT2D eigenvalue weighted by Crippen LogP contribution is 2.12. The Kier molecular flexibility index (Phi) is 2.37. The maximum atomic E-state index is 11.3. The van der Waals surface area contributed by atoms with Crippen LogP contribution < -0.4 is 5.73 Å². The minimum Gasteiger partial charge on any atom is -0.384 e. The quantitative estimate of drug-likeness (QED) is 0.687. The summed E-state index contributed by atoms with van der Waals surface area (Å²) in [5.74, 6) is 0.280. The molecule has 0 unspecified atom stereocenters. The number of Topliss-reactive ketones (excluding diaryl/α,β-unsaturated/α-hetero) is 1. The van der Waals surface area contributed by atoms with E-state index in [1.165, 1.54) is 4.90 Å². The molecule has 15 heavy (non-hydrogen) atoms. The number of nitrogens with two attached hydrogens (primary N) is 1. The fourth-order valence-electron chi connectivity index (χ4n) is 1.59. The van der Waals surface area contributed by atoms with E-state index in [2.05, 4.69) is 4.98 Å². The Morgan fingerprint density at radius 2 is 2.27 bits per heavy atom. The third-order valence-corrected chi connectivity index (χ3v) is 2.29. The zero-order valence-electron chi connectivity index (χ0n) is 8.14. The van der Waals surface area contributed by atoms with Crippen LogP contribution in [-0.2, 0) is 16.1 Å². The summed E-state index contributed by atoms with van der Waals surface area (Å²) in [6.07, 6.45) is 1.62. The largest absolute Gasteiger partial charge is 0.384 e. The van der Waals surface area contributed by atoms with Crippen molar-refractivity contribution >= 4 is 17.5 Å². The zero-order valence-corrected chi connectivity index (χ0v) is 8.14. The molecular formula is C10H11N3O2. The molecule has 5 heteroatoms. The molecule has 0 spiro atoms. The summed E-state index contributed by atoms with van der Waals surface area (Å²) in [4.78, 5) is 27.7. The van der Waals surface area contributed by atoms with Crippen molar-refractivity contribution in [3.05, 3.63) is 23.9 Å². The molecule has 0 atom stereocenters. The third kappa shape index (κ3) is 2.12. The first-order chi connectivity index (χ1) is 7.15. The molecule has 2 rings (SSSR count). The molecule has 1 fully saturated rings. The molecule has 1 amide bonds. The van der Waals surface area contributed by atoms with Gasteiger partial charge in [0, 0.05) is 12.7 Å². The average molecular weight is 205 g/mol. The topological polar surface area (TPSA) is 76.3 Å². The summed E-state index contributed by atoms with van der Waals surface area (Å²) in [6, 6.07) is 3.49. The fraction of sp³-hybridized carbons (Fsp3) is 0.300. The van der Waals surface area contributed by atoms with E-state index in [0.29, 0.717) is 12.4 Å². The number of carbonyl (C=O) groups excluding carboxylic acids is 2. The Hall–Kier alpha value is -1.91. The average Bonchev–Trinajstić information content (AvgIpc) is 2.45. The van der Waals surface area contributed by atoms with Gasteiger partial charge in [-0.15, -0.1) is 0 Å². The lowest BCUT2D eigenvalue weighted by molar-refractivity contribution is -0.128. The van der Waals surface area contributed by atoms with Crippen LogP contribution in [0.25, 0.3) is 0 Å². The Balaban J connectivity index is 2.09. The van der Waals surface area contributed by atoms with Crippen LogP contribution >= 0.6 is 0 Å². The summed E-state index contributed by atoms with van der Waals surface area (Å²) < 4.78 is 0. The molecule has 0 saturated carbocycles. The van der Waals surface area contributed by atoms with Gasteiger partial charge in [0.25, 0.3) is 0 Å². The lowest BCUT2D eigenvalue weighted by Crippen LogP contribution is -2.24. The van der Waals surface area contributed by atoms with Gasteiger partial charge in [-0.3, -0.25) is 9.59 Å². The molecule has 1 aromatic rings. The van der Waals surface area contributed by atoms with Gasteiger partial charge in [0.1, 0.15) is 5.82 Å². The van der Waals surface area contributed by atoms with Crippen LogP contribution in [0.15, 0.2) is 18.3 Å². The minimum atomic E-state index is -0.115. The molecule has 2 N–H and O–H groups in total. The van der Waals surface area contributed by atoms with Crippen LogP contribution in [-0.4, -0.2) is 28.1 Å². The Labute approximate surface area is 86.9 Å². The Morgan fingerprint density at radius 3 is 2.87 bits per heavy atom. The monoisotopic (exact) mass is 205 g/mol. The first-order valence-electron chi connectivity index (χ1n) is 4.65. The third-order valence-electron chi connectivity index (χ3n) is 2.29. The van der Waals surface area contributed by atoms with Crippen LogP contribution in [0.3, 0.4) is 0 Å². The van der Waals surface area contributed by atoms with Crippen molar-refractivity contribution in [2.75, 3.05) is 12.3 Å². The van der Waals surface area contributed by atoms with Crippen molar-refractivity contribution in [2.24, 2.45) is 0 Å².